The van der Waals surface area contributed by atoms with Crippen LogP contribution in [0.25, 0.3) is 10.9 Å². The molecule has 0 atom stereocenters. The van der Waals surface area contributed by atoms with Crippen molar-refractivity contribution in [3.05, 3.63) is 36.0 Å². The van der Waals surface area contributed by atoms with Crippen LogP contribution in [0.3, 0.4) is 0 Å². The van der Waals surface area contributed by atoms with Crippen molar-refractivity contribution in [1.82, 2.24) is 4.98 Å². The number of aromatic nitrogens is 1. The van der Waals surface area contributed by atoms with Gasteiger partial charge in [-0.2, -0.15) is 0 Å². The van der Waals surface area contributed by atoms with Crippen LogP contribution in [0.5, 0.6) is 0 Å². The van der Waals surface area contributed by atoms with Gasteiger partial charge in [0.15, 0.2) is 0 Å². The number of nitrogens with zero attached hydrogens (tertiary/aromatic N) is 2. The lowest BCUT2D eigenvalue weighted by molar-refractivity contribution is 0.396. The Hall–Kier alpha value is -1.57. The maximum atomic E-state index is 4.50. The summed E-state index contributed by atoms with van der Waals surface area (Å²) >= 11 is 0. The van der Waals surface area contributed by atoms with E-state index in [0.29, 0.717) is 5.41 Å². The van der Waals surface area contributed by atoms with E-state index in [9.17, 15) is 0 Å². The fourth-order valence-corrected chi connectivity index (χ4v) is 3.52. The molecule has 1 aromatic heterocycles. The molecule has 2 nitrogen and oxygen atoms in total. The molecule has 2 heterocycles. The molecule has 2 fully saturated rings. The van der Waals surface area contributed by atoms with Gasteiger partial charge in [0, 0.05) is 30.4 Å². The fourth-order valence-electron chi connectivity index (χ4n) is 3.52. The van der Waals surface area contributed by atoms with Crippen molar-refractivity contribution in [3.63, 3.8) is 0 Å². The van der Waals surface area contributed by atoms with E-state index in [1.807, 2.05) is 6.20 Å². The van der Waals surface area contributed by atoms with Crippen LogP contribution in [-0.2, 0) is 0 Å². The van der Waals surface area contributed by atoms with Gasteiger partial charge in [0.25, 0.3) is 0 Å². The summed E-state index contributed by atoms with van der Waals surface area (Å²) in [4.78, 5) is 7.10. The summed E-state index contributed by atoms with van der Waals surface area (Å²) in [5.41, 5.74) is 4.50. The first-order valence-corrected chi connectivity index (χ1v) is 7.36. The van der Waals surface area contributed by atoms with E-state index in [0.717, 1.165) is 5.52 Å². The van der Waals surface area contributed by atoms with Crippen LogP contribution in [0.2, 0.25) is 0 Å². The first kappa shape index (κ1) is 11.3. The van der Waals surface area contributed by atoms with Crippen LogP contribution in [-0.4, -0.2) is 18.1 Å². The fraction of sp³-hybridized carbons (Fsp3) is 0.471. The molecule has 19 heavy (non-hydrogen) atoms. The number of hydrogen-bond acceptors (Lipinski definition) is 2. The molecule has 4 rings (SSSR count). The van der Waals surface area contributed by atoms with Crippen LogP contribution >= 0.6 is 0 Å². The Kier molecular flexibility index (Phi) is 2.35. The van der Waals surface area contributed by atoms with Gasteiger partial charge in [-0.05, 0) is 56.2 Å². The van der Waals surface area contributed by atoms with Crippen LogP contribution in [0, 0.1) is 12.3 Å². The molecule has 1 saturated carbocycles. The Balaban J connectivity index is 1.79. The zero-order valence-corrected chi connectivity index (χ0v) is 11.5. The van der Waals surface area contributed by atoms with E-state index in [4.69, 9.17) is 0 Å². The van der Waals surface area contributed by atoms with Crippen molar-refractivity contribution in [1.29, 1.82) is 0 Å². The molecule has 2 aliphatic rings. The summed E-state index contributed by atoms with van der Waals surface area (Å²) in [5.74, 6) is 0. The highest BCUT2D eigenvalue weighted by Gasteiger charge is 2.45. The average molecular weight is 252 g/mol. The van der Waals surface area contributed by atoms with Crippen molar-refractivity contribution in [2.24, 2.45) is 5.41 Å². The smallest absolute Gasteiger partial charge is 0.0722 e. The second-order valence-corrected chi connectivity index (χ2v) is 6.38. The van der Waals surface area contributed by atoms with Crippen molar-refractivity contribution < 1.29 is 0 Å². The molecule has 0 amide bonds. The molecule has 0 unspecified atom stereocenters. The molecule has 2 heteroatoms. The van der Waals surface area contributed by atoms with Gasteiger partial charge in [-0.15, -0.1) is 0 Å². The van der Waals surface area contributed by atoms with Gasteiger partial charge in [0.05, 0.1) is 5.52 Å². The number of anilines is 1. The Labute approximate surface area is 114 Å². The lowest BCUT2D eigenvalue weighted by Crippen LogP contribution is -2.36. The van der Waals surface area contributed by atoms with Gasteiger partial charge >= 0.3 is 0 Å². The SMILES string of the molecule is Cc1ccc2nccc(N3CCCC4(CC4)C3)c2c1. The summed E-state index contributed by atoms with van der Waals surface area (Å²) in [5, 5.41) is 1.32. The highest BCUT2D eigenvalue weighted by atomic mass is 15.2. The molecule has 98 valence electrons. The predicted octanol–water partition coefficient (Wildman–Crippen LogP) is 3.92. The Bertz CT molecular complexity index is 628. The molecule has 0 bridgehead atoms. The number of piperidine rings is 1. The second kappa shape index (κ2) is 3.96. The standard InChI is InChI=1S/C17H20N2/c1-13-3-4-15-14(11-13)16(5-9-18-15)19-10-2-6-17(12-19)7-8-17/h3-5,9,11H,2,6-8,10,12H2,1H3. The normalized spacial score (nSPS) is 21.0. The maximum Gasteiger partial charge on any atom is 0.0722 e. The summed E-state index contributed by atoms with van der Waals surface area (Å²) in [6.07, 6.45) is 7.61. The number of pyridine rings is 1. The van der Waals surface area contributed by atoms with Gasteiger partial charge in [0.2, 0.25) is 0 Å². The Morgan fingerprint density at radius 3 is 2.89 bits per heavy atom. The van der Waals surface area contributed by atoms with Gasteiger partial charge in [-0.3, -0.25) is 4.98 Å². The van der Waals surface area contributed by atoms with Gasteiger partial charge in [0.1, 0.15) is 0 Å². The van der Waals surface area contributed by atoms with Crippen LogP contribution in [0.15, 0.2) is 30.5 Å². The lowest BCUT2D eigenvalue weighted by Gasteiger charge is -2.35. The number of fused-ring (bicyclic) bond motifs is 1. The van der Waals surface area contributed by atoms with Gasteiger partial charge < -0.3 is 4.90 Å². The first-order chi connectivity index (χ1) is 9.26. The third-order valence-corrected chi connectivity index (χ3v) is 4.83. The van der Waals surface area contributed by atoms with Crippen molar-refractivity contribution >= 4 is 16.6 Å². The minimum Gasteiger partial charge on any atom is -0.370 e. The predicted molar refractivity (Wildman–Crippen MR) is 79.6 cm³/mol. The Morgan fingerprint density at radius 2 is 2.05 bits per heavy atom. The zero-order valence-electron chi connectivity index (χ0n) is 11.5. The van der Waals surface area contributed by atoms with Crippen LogP contribution in [0.1, 0.15) is 31.2 Å². The number of aryl methyl sites for hydroxylation is 1. The molecule has 2 aromatic rings. The second-order valence-electron chi connectivity index (χ2n) is 6.38. The quantitative estimate of drug-likeness (QED) is 0.764. The molecular weight excluding hydrogens is 232 g/mol. The zero-order chi connectivity index (χ0) is 12.9. The molecule has 1 saturated heterocycles. The topological polar surface area (TPSA) is 16.1 Å². The third-order valence-electron chi connectivity index (χ3n) is 4.83. The molecular formula is C17H20N2. The maximum absolute atomic E-state index is 4.50. The number of benzene rings is 1. The van der Waals surface area contributed by atoms with Gasteiger partial charge in [-0.25, -0.2) is 0 Å². The summed E-state index contributed by atoms with van der Waals surface area (Å²) in [6.45, 7) is 4.61. The minimum atomic E-state index is 0.664. The number of rotatable bonds is 1. The van der Waals surface area contributed by atoms with E-state index < -0.39 is 0 Å². The van der Waals surface area contributed by atoms with Gasteiger partial charge in [-0.1, -0.05) is 11.6 Å². The van der Waals surface area contributed by atoms with Crippen LogP contribution in [0.4, 0.5) is 5.69 Å². The van der Waals surface area contributed by atoms with E-state index in [-0.39, 0.29) is 0 Å². The van der Waals surface area contributed by atoms with E-state index in [1.54, 1.807) is 0 Å². The largest absolute Gasteiger partial charge is 0.370 e. The third kappa shape index (κ3) is 1.90. The van der Waals surface area contributed by atoms with E-state index in [1.165, 1.54) is 55.4 Å². The first-order valence-electron chi connectivity index (χ1n) is 7.36. The number of hydrogen-bond donors (Lipinski definition) is 0. The van der Waals surface area contributed by atoms with Crippen molar-refractivity contribution in [2.75, 3.05) is 18.0 Å². The Morgan fingerprint density at radius 1 is 1.16 bits per heavy atom. The summed E-state index contributed by atoms with van der Waals surface area (Å²) in [6, 6.07) is 8.78. The highest BCUT2D eigenvalue weighted by Crippen LogP contribution is 2.52. The molecule has 1 aliphatic carbocycles. The molecule has 0 radical (unpaired) electrons. The lowest BCUT2D eigenvalue weighted by atomic mass is 9.94. The van der Waals surface area contributed by atoms with E-state index >= 15 is 0 Å². The van der Waals surface area contributed by atoms with Crippen molar-refractivity contribution in [3.8, 4) is 0 Å². The molecule has 1 aliphatic heterocycles. The molecule has 1 aromatic carbocycles. The summed E-state index contributed by atoms with van der Waals surface area (Å²) in [7, 11) is 0. The summed E-state index contributed by atoms with van der Waals surface area (Å²) < 4.78 is 0. The van der Waals surface area contributed by atoms with Crippen LogP contribution < -0.4 is 4.90 Å². The molecule has 1 spiro atoms. The molecule has 0 N–H and O–H groups in total. The van der Waals surface area contributed by atoms with E-state index in [2.05, 4.69) is 41.1 Å². The minimum absolute atomic E-state index is 0.664. The highest BCUT2D eigenvalue weighted by molar-refractivity contribution is 5.92. The monoisotopic (exact) mass is 252 g/mol. The average Bonchev–Trinajstić information content (AvgIpc) is 3.17. The van der Waals surface area contributed by atoms with Crippen molar-refractivity contribution in [2.45, 2.75) is 32.6 Å².